The van der Waals surface area contributed by atoms with Crippen molar-refractivity contribution < 1.29 is 0 Å². The second kappa shape index (κ2) is 5.71. The Morgan fingerprint density at radius 2 is 1.81 bits per heavy atom. The normalized spacial score (nSPS) is 10.5. The predicted molar refractivity (Wildman–Crippen MR) is 83.7 cm³/mol. The zero-order valence-corrected chi connectivity index (χ0v) is 11.8. The van der Waals surface area contributed by atoms with E-state index < -0.39 is 0 Å². The zero-order valence-electron chi connectivity index (χ0n) is 11.8. The van der Waals surface area contributed by atoms with Crippen molar-refractivity contribution in [3.05, 3.63) is 72.1 Å². The molecule has 0 amide bonds. The van der Waals surface area contributed by atoms with Crippen molar-refractivity contribution in [3.8, 4) is 11.1 Å². The monoisotopic (exact) mass is 276 g/mol. The molecule has 2 N–H and O–H groups in total. The Balaban J connectivity index is 1.83. The van der Waals surface area contributed by atoms with E-state index in [4.69, 9.17) is 5.73 Å². The SMILES string of the molecule is Cc1ccc(N)cc1Cc1ncc(-c2cccnc2)cn1. The van der Waals surface area contributed by atoms with Gasteiger partial charge in [0.2, 0.25) is 0 Å². The molecule has 0 unspecified atom stereocenters. The molecule has 0 aliphatic heterocycles. The van der Waals surface area contributed by atoms with Gasteiger partial charge < -0.3 is 5.73 Å². The maximum Gasteiger partial charge on any atom is 0.132 e. The van der Waals surface area contributed by atoms with Gasteiger partial charge in [-0.25, -0.2) is 9.97 Å². The first-order valence-electron chi connectivity index (χ1n) is 6.79. The molecule has 1 aromatic carbocycles. The Labute approximate surface area is 123 Å². The number of nitrogen functional groups attached to an aromatic ring is 1. The van der Waals surface area contributed by atoms with Crippen LogP contribution in [0.5, 0.6) is 0 Å². The first-order valence-corrected chi connectivity index (χ1v) is 6.79. The summed E-state index contributed by atoms with van der Waals surface area (Å²) in [6.45, 7) is 2.07. The molecule has 3 rings (SSSR count). The van der Waals surface area contributed by atoms with Crippen LogP contribution in [0, 0.1) is 6.92 Å². The van der Waals surface area contributed by atoms with Crippen LogP contribution in [0.3, 0.4) is 0 Å². The number of hydrogen-bond donors (Lipinski definition) is 1. The van der Waals surface area contributed by atoms with Gasteiger partial charge in [-0.05, 0) is 36.2 Å². The minimum atomic E-state index is 0.685. The molecule has 0 fully saturated rings. The molecule has 2 heterocycles. The summed E-state index contributed by atoms with van der Waals surface area (Å²) in [5, 5.41) is 0. The van der Waals surface area contributed by atoms with Crippen molar-refractivity contribution in [2.75, 3.05) is 5.73 Å². The van der Waals surface area contributed by atoms with Crippen LogP contribution in [0.4, 0.5) is 5.69 Å². The Hall–Kier alpha value is -2.75. The van der Waals surface area contributed by atoms with Crippen LogP contribution in [0.2, 0.25) is 0 Å². The summed E-state index contributed by atoms with van der Waals surface area (Å²) >= 11 is 0. The van der Waals surface area contributed by atoms with Gasteiger partial charge in [-0.1, -0.05) is 12.1 Å². The maximum atomic E-state index is 5.83. The van der Waals surface area contributed by atoms with E-state index in [9.17, 15) is 0 Å². The lowest BCUT2D eigenvalue weighted by Gasteiger charge is -2.07. The number of anilines is 1. The Bertz CT molecular complexity index is 736. The molecular formula is C17H16N4. The van der Waals surface area contributed by atoms with Crippen molar-refractivity contribution in [2.45, 2.75) is 13.3 Å². The molecule has 0 spiro atoms. The fourth-order valence-corrected chi connectivity index (χ4v) is 2.18. The van der Waals surface area contributed by atoms with Crippen molar-refractivity contribution >= 4 is 5.69 Å². The molecule has 4 nitrogen and oxygen atoms in total. The molecule has 21 heavy (non-hydrogen) atoms. The average Bonchev–Trinajstić information content (AvgIpc) is 2.53. The van der Waals surface area contributed by atoms with Crippen LogP contribution >= 0.6 is 0 Å². The van der Waals surface area contributed by atoms with Gasteiger partial charge in [-0.2, -0.15) is 0 Å². The van der Waals surface area contributed by atoms with E-state index in [2.05, 4.69) is 21.9 Å². The summed E-state index contributed by atoms with van der Waals surface area (Å²) in [6.07, 6.45) is 7.91. The molecule has 3 aromatic rings. The quantitative estimate of drug-likeness (QED) is 0.747. The van der Waals surface area contributed by atoms with Gasteiger partial charge >= 0.3 is 0 Å². The maximum absolute atomic E-state index is 5.83. The standard InChI is InChI=1S/C17H16N4/c1-12-4-5-16(18)7-14(12)8-17-20-10-15(11-21-17)13-3-2-6-19-9-13/h2-7,9-11H,8,18H2,1H3. The molecule has 0 atom stereocenters. The van der Waals surface area contributed by atoms with Crippen LogP contribution < -0.4 is 5.73 Å². The van der Waals surface area contributed by atoms with Crippen LogP contribution in [0.1, 0.15) is 17.0 Å². The highest BCUT2D eigenvalue weighted by molar-refractivity contribution is 5.59. The van der Waals surface area contributed by atoms with Crippen molar-refractivity contribution in [2.24, 2.45) is 0 Å². The lowest BCUT2D eigenvalue weighted by Crippen LogP contribution is -1.99. The third-order valence-corrected chi connectivity index (χ3v) is 3.42. The molecule has 0 saturated heterocycles. The zero-order chi connectivity index (χ0) is 14.7. The summed E-state index contributed by atoms with van der Waals surface area (Å²) in [5.74, 6) is 0.788. The van der Waals surface area contributed by atoms with E-state index in [1.807, 2.05) is 42.7 Å². The first-order chi connectivity index (χ1) is 10.2. The van der Waals surface area contributed by atoms with Gasteiger partial charge in [-0.3, -0.25) is 4.98 Å². The predicted octanol–water partition coefficient (Wildman–Crippen LogP) is 3.02. The van der Waals surface area contributed by atoms with Crippen molar-refractivity contribution in [1.29, 1.82) is 0 Å². The largest absolute Gasteiger partial charge is 0.399 e. The topological polar surface area (TPSA) is 64.7 Å². The van der Waals surface area contributed by atoms with E-state index in [0.29, 0.717) is 6.42 Å². The number of rotatable bonds is 3. The van der Waals surface area contributed by atoms with Gasteiger partial charge in [0.1, 0.15) is 5.82 Å². The van der Waals surface area contributed by atoms with E-state index in [0.717, 1.165) is 28.2 Å². The minimum absolute atomic E-state index is 0.685. The fraction of sp³-hybridized carbons (Fsp3) is 0.118. The number of aryl methyl sites for hydroxylation is 1. The Morgan fingerprint density at radius 3 is 2.52 bits per heavy atom. The fourth-order valence-electron chi connectivity index (χ4n) is 2.18. The van der Waals surface area contributed by atoms with Crippen LogP contribution in [-0.2, 0) is 6.42 Å². The van der Waals surface area contributed by atoms with Gasteiger partial charge in [-0.15, -0.1) is 0 Å². The molecular weight excluding hydrogens is 260 g/mol. The molecule has 0 bridgehead atoms. The number of benzene rings is 1. The van der Waals surface area contributed by atoms with Crippen LogP contribution in [0.15, 0.2) is 55.1 Å². The van der Waals surface area contributed by atoms with E-state index in [1.54, 1.807) is 12.4 Å². The number of nitrogens with zero attached hydrogens (tertiary/aromatic N) is 3. The Kier molecular flexibility index (Phi) is 3.60. The Morgan fingerprint density at radius 1 is 1.00 bits per heavy atom. The molecule has 0 aliphatic rings. The third kappa shape index (κ3) is 3.05. The lowest BCUT2D eigenvalue weighted by molar-refractivity contribution is 0.962. The molecule has 0 aliphatic carbocycles. The lowest BCUT2D eigenvalue weighted by atomic mass is 10.0. The molecule has 0 radical (unpaired) electrons. The highest BCUT2D eigenvalue weighted by Crippen LogP contribution is 2.18. The number of nitrogens with two attached hydrogens (primary N) is 1. The summed E-state index contributed by atoms with van der Waals surface area (Å²) in [5.41, 5.74) is 10.9. The number of hydrogen-bond acceptors (Lipinski definition) is 4. The number of pyridine rings is 1. The molecule has 0 saturated carbocycles. The first kappa shape index (κ1) is 13.2. The van der Waals surface area contributed by atoms with Gasteiger partial charge in [0.05, 0.1) is 0 Å². The molecule has 4 heteroatoms. The number of aromatic nitrogens is 3. The van der Waals surface area contributed by atoms with Crippen molar-refractivity contribution in [1.82, 2.24) is 15.0 Å². The van der Waals surface area contributed by atoms with E-state index in [1.165, 1.54) is 5.56 Å². The van der Waals surface area contributed by atoms with E-state index >= 15 is 0 Å². The molecule has 104 valence electrons. The summed E-state index contributed by atoms with van der Waals surface area (Å²) in [4.78, 5) is 13.0. The van der Waals surface area contributed by atoms with Gasteiger partial charge in [0.15, 0.2) is 0 Å². The summed E-state index contributed by atoms with van der Waals surface area (Å²) < 4.78 is 0. The smallest absolute Gasteiger partial charge is 0.132 e. The highest BCUT2D eigenvalue weighted by atomic mass is 14.9. The van der Waals surface area contributed by atoms with E-state index in [-0.39, 0.29) is 0 Å². The van der Waals surface area contributed by atoms with Crippen LogP contribution in [-0.4, -0.2) is 15.0 Å². The van der Waals surface area contributed by atoms with Gasteiger partial charge in [0, 0.05) is 48.0 Å². The summed E-state index contributed by atoms with van der Waals surface area (Å²) in [7, 11) is 0. The van der Waals surface area contributed by atoms with Crippen molar-refractivity contribution in [3.63, 3.8) is 0 Å². The van der Waals surface area contributed by atoms with Gasteiger partial charge in [0.25, 0.3) is 0 Å². The second-order valence-electron chi connectivity index (χ2n) is 4.99. The summed E-state index contributed by atoms with van der Waals surface area (Å²) in [6, 6.07) is 9.81. The average molecular weight is 276 g/mol. The molecule has 2 aromatic heterocycles. The second-order valence-corrected chi connectivity index (χ2v) is 4.99. The third-order valence-electron chi connectivity index (χ3n) is 3.42. The highest BCUT2D eigenvalue weighted by Gasteiger charge is 2.05. The minimum Gasteiger partial charge on any atom is -0.399 e. The van der Waals surface area contributed by atoms with Crippen LogP contribution in [0.25, 0.3) is 11.1 Å².